The maximum absolute atomic E-state index is 10.4. The molecule has 0 amide bonds. The maximum atomic E-state index is 10.4. The summed E-state index contributed by atoms with van der Waals surface area (Å²) in [5.41, 5.74) is -0.829. The number of nitrogens with zero attached hydrogens (tertiary/aromatic N) is 1. The molecule has 2 N–H and O–H groups in total. The van der Waals surface area contributed by atoms with E-state index in [-0.39, 0.29) is 6.54 Å². The van der Waals surface area contributed by atoms with Crippen LogP contribution < -0.4 is 0 Å². The average molecular weight is 189 g/mol. The van der Waals surface area contributed by atoms with Gasteiger partial charge in [-0.25, -0.2) is 0 Å². The Hall–Kier alpha value is -0.610. The topological polar surface area (TPSA) is 60.8 Å². The highest BCUT2D eigenvalue weighted by Gasteiger charge is 2.19. The molecular weight excluding hydrogens is 170 g/mol. The van der Waals surface area contributed by atoms with E-state index in [1.807, 2.05) is 6.92 Å². The molecule has 0 bridgehead atoms. The fourth-order valence-corrected chi connectivity index (χ4v) is 1.27. The molecule has 0 aromatic rings. The fourth-order valence-electron chi connectivity index (χ4n) is 1.27. The summed E-state index contributed by atoms with van der Waals surface area (Å²) in [5.74, 6) is -0.849. The van der Waals surface area contributed by atoms with Crippen molar-refractivity contribution in [2.24, 2.45) is 0 Å². The highest BCUT2D eigenvalue weighted by atomic mass is 16.4. The molecular formula is C9H19NO3. The van der Waals surface area contributed by atoms with Crippen LogP contribution in [0.15, 0.2) is 0 Å². The quantitative estimate of drug-likeness (QED) is 0.640. The molecule has 0 aromatic carbocycles. The second kappa shape index (κ2) is 5.19. The van der Waals surface area contributed by atoms with Crippen LogP contribution >= 0.6 is 0 Å². The molecule has 4 nitrogen and oxygen atoms in total. The molecule has 78 valence electrons. The van der Waals surface area contributed by atoms with E-state index in [4.69, 9.17) is 5.11 Å². The first-order chi connectivity index (χ1) is 5.85. The maximum Gasteiger partial charge on any atom is 0.317 e. The summed E-state index contributed by atoms with van der Waals surface area (Å²) >= 11 is 0. The number of rotatable bonds is 6. The summed E-state index contributed by atoms with van der Waals surface area (Å²) < 4.78 is 0. The molecule has 0 aliphatic rings. The van der Waals surface area contributed by atoms with Gasteiger partial charge >= 0.3 is 5.97 Å². The highest BCUT2D eigenvalue weighted by molar-refractivity contribution is 5.69. The number of carboxylic acids is 1. The molecule has 0 rings (SSSR count). The van der Waals surface area contributed by atoms with Gasteiger partial charge in [0.25, 0.3) is 0 Å². The summed E-state index contributed by atoms with van der Waals surface area (Å²) in [4.78, 5) is 12.2. The van der Waals surface area contributed by atoms with Crippen molar-refractivity contribution in [2.75, 3.05) is 19.6 Å². The fraction of sp³-hybridized carbons (Fsp3) is 0.889. The first-order valence-corrected chi connectivity index (χ1v) is 4.51. The summed E-state index contributed by atoms with van der Waals surface area (Å²) in [5, 5.41) is 18.1. The van der Waals surface area contributed by atoms with E-state index in [1.165, 1.54) is 0 Å². The summed E-state index contributed by atoms with van der Waals surface area (Å²) in [6, 6.07) is 0. The largest absolute Gasteiger partial charge is 0.480 e. The van der Waals surface area contributed by atoms with Crippen LogP contribution in [0.3, 0.4) is 0 Å². The molecule has 0 aromatic heterocycles. The zero-order chi connectivity index (χ0) is 10.5. The predicted octanol–water partition coefficient (Wildman–Crippen LogP) is 0.554. The first-order valence-electron chi connectivity index (χ1n) is 4.51. The van der Waals surface area contributed by atoms with Gasteiger partial charge in [0.15, 0.2) is 0 Å². The third kappa shape index (κ3) is 7.74. The molecule has 0 atom stereocenters. The van der Waals surface area contributed by atoms with E-state index in [2.05, 4.69) is 0 Å². The number of aliphatic carboxylic acids is 1. The lowest BCUT2D eigenvalue weighted by atomic mass is 10.1. The van der Waals surface area contributed by atoms with Crippen LogP contribution in [0.4, 0.5) is 0 Å². The van der Waals surface area contributed by atoms with Gasteiger partial charge in [-0.3, -0.25) is 9.69 Å². The Kier molecular flexibility index (Phi) is 4.95. The van der Waals surface area contributed by atoms with Crippen LogP contribution in [0, 0.1) is 0 Å². The molecule has 13 heavy (non-hydrogen) atoms. The number of carbonyl (C=O) groups is 1. The molecule has 4 heteroatoms. The Morgan fingerprint density at radius 3 is 2.31 bits per heavy atom. The number of hydrogen-bond acceptors (Lipinski definition) is 3. The van der Waals surface area contributed by atoms with E-state index >= 15 is 0 Å². The van der Waals surface area contributed by atoms with Gasteiger partial charge in [0, 0.05) is 6.54 Å². The van der Waals surface area contributed by atoms with Crippen molar-refractivity contribution < 1.29 is 15.0 Å². The zero-order valence-corrected chi connectivity index (χ0v) is 8.58. The highest BCUT2D eigenvalue weighted by Crippen LogP contribution is 2.04. The van der Waals surface area contributed by atoms with Crippen LogP contribution in [0.25, 0.3) is 0 Å². The smallest absolute Gasteiger partial charge is 0.317 e. The van der Waals surface area contributed by atoms with Gasteiger partial charge in [-0.05, 0) is 26.8 Å². The second-order valence-electron chi connectivity index (χ2n) is 3.92. The minimum absolute atomic E-state index is 0.00215. The van der Waals surface area contributed by atoms with Gasteiger partial charge in [0.05, 0.1) is 12.1 Å². The van der Waals surface area contributed by atoms with Crippen LogP contribution in [0.5, 0.6) is 0 Å². The van der Waals surface area contributed by atoms with Crippen LogP contribution in [-0.2, 0) is 4.79 Å². The molecule has 0 aliphatic carbocycles. The summed E-state index contributed by atoms with van der Waals surface area (Å²) in [6.07, 6.45) is 0.892. The number of hydrogen-bond donors (Lipinski definition) is 2. The Bertz CT molecular complexity index is 163. The molecule has 0 unspecified atom stereocenters. The number of carboxylic acid groups (broad SMARTS) is 1. The minimum Gasteiger partial charge on any atom is -0.480 e. The summed E-state index contributed by atoms with van der Waals surface area (Å²) in [6.45, 7) is 6.44. The molecule has 0 heterocycles. The lowest BCUT2D eigenvalue weighted by Crippen LogP contribution is -2.41. The van der Waals surface area contributed by atoms with E-state index in [9.17, 15) is 9.90 Å². The molecule has 0 fully saturated rings. The summed E-state index contributed by atoms with van der Waals surface area (Å²) in [7, 11) is 0. The molecule has 0 saturated carbocycles. The third-order valence-electron chi connectivity index (χ3n) is 1.51. The van der Waals surface area contributed by atoms with Crippen molar-refractivity contribution in [1.82, 2.24) is 4.90 Å². The van der Waals surface area contributed by atoms with Crippen LogP contribution in [-0.4, -0.2) is 46.3 Å². The second-order valence-corrected chi connectivity index (χ2v) is 3.92. The molecule has 0 spiro atoms. The minimum atomic E-state index is -0.849. The lowest BCUT2D eigenvalue weighted by molar-refractivity contribution is -0.138. The lowest BCUT2D eigenvalue weighted by Gasteiger charge is -2.27. The van der Waals surface area contributed by atoms with Crippen molar-refractivity contribution in [1.29, 1.82) is 0 Å². The van der Waals surface area contributed by atoms with Gasteiger partial charge in [-0.2, -0.15) is 0 Å². The van der Waals surface area contributed by atoms with Gasteiger partial charge in [0.1, 0.15) is 0 Å². The van der Waals surface area contributed by atoms with Gasteiger partial charge in [0.2, 0.25) is 0 Å². The van der Waals surface area contributed by atoms with Crippen molar-refractivity contribution in [3.8, 4) is 0 Å². The van der Waals surface area contributed by atoms with Gasteiger partial charge in [-0.1, -0.05) is 6.92 Å². The van der Waals surface area contributed by atoms with Crippen molar-refractivity contribution in [2.45, 2.75) is 32.8 Å². The van der Waals surface area contributed by atoms with Crippen LogP contribution in [0.1, 0.15) is 27.2 Å². The van der Waals surface area contributed by atoms with Gasteiger partial charge in [-0.15, -0.1) is 0 Å². The SMILES string of the molecule is CCCN(CC(=O)O)CC(C)(C)O. The van der Waals surface area contributed by atoms with E-state index in [0.717, 1.165) is 6.42 Å². The van der Waals surface area contributed by atoms with Crippen molar-refractivity contribution in [3.05, 3.63) is 0 Å². The van der Waals surface area contributed by atoms with Gasteiger partial charge < -0.3 is 10.2 Å². The molecule has 0 saturated heterocycles. The average Bonchev–Trinajstić information content (AvgIpc) is 1.81. The first kappa shape index (κ1) is 12.4. The van der Waals surface area contributed by atoms with Crippen molar-refractivity contribution in [3.63, 3.8) is 0 Å². The Morgan fingerprint density at radius 2 is 2.00 bits per heavy atom. The number of aliphatic hydroxyl groups is 1. The Morgan fingerprint density at radius 1 is 1.46 bits per heavy atom. The van der Waals surface area contributed by atoms with E-state index < -0.39 is 11.6 Å². The van der Waals surface area contributed by atoms with E-state index in [1.54, 1.807) is 18.7 Å². The normalized spacial score (nSPS) is 12.1. The predicted molar refractivity (Wildman–Crippen MR) is 50.7 cm³/mol. The molecule has 0 aliphatic heterocycles. The zero-order valence-electron chi connectivity index (χ0n) is 8.58. The standard InChI is InChI=1S/C9H19NO3/c1-4-5-10(6-8(11)12)7-9(2,3)13/h13H,4-7H2,1-3H3,(H,11,12). The van der Waals surface area contributed by atoms with E-state index in [0.29, 0.717) is 13.1 Å². The monoisotopic (exact) mass is 189 g/mol. The van der Waals surface area contributed by atoms with Crippen LogP contribution in [0.2, 0.25) is 0 Å². The Balaban J connectivity index is 4.01. The third-order valence-corrected chi connectivity index (χ3v) is 1.51. The molecule has 0 radical (unpaired) electrons. The Labute approximate surface area is 79.2 Å². The van der Waals surface area contributed by atoms with Crippen molar-refractivity contribution >= 4 is 5.97 Å².